The topological polar surface area (TPSA) is 87.5 Å². The molecule has 1 aliphatic heterocycles. The number of piperidine rings is 1. The Labute approximate surface area is 124 Å². The van der Waals surface area contributed by atoms with Crippen LogP contribution in [0.3, 0.4) is 0 Å². The summed E-state index contributed by atoms with van der Waals surface area (Å²) in [5.41, 5.74) is 7.71. The molecule has 21 heavy (non-hydrogen) atoms. The first kappa shape index (κ1) is 15.2. The number of nitrogens with two attached hydrogens (primary N) is 1. The second-order valence-electron chi connectivity index (χ2n) is 5.32. The number of hydrogen-bond donors (Lipinski definition) is 3. The number of nitrogen functional groups attached to an aromatic ring is 1. The molecule has 0 bridgehead atoms. The molecule has 6 heteroatoms. The molecule has 1 aromatic rings. The fourth-order valence-corrected chi connectivity index (χ4v) is 2.49. The van der Waals surface area contributed by atoms with E-state index in [0.29, 0.717) is 36.4 Å². The van der Waals surface area contributed by atoms with E-state index in [-0.39, 0.29) is 17.9 Å². The van der Waals surface area contributed by atoms with Crippen LogP contribution in [0.5, 0.6) is 0 Å². The summed E-state index contributed by atoms with van der Waals surface area (Å²) in [6.45, 7) is 3.08. The van der Waals surface area contributed by atoms with Gasteiger partial charge >= 0.3 is 0 Å². The van der Waals surface area contributed by atoms with Gasteiger partial charge in [-0.2, -0.15) is 0 Å². The Bertz CT molecular complexity index is 544. The lowest BCUT2D eigenvalue weighted by atomic mass is 10.0. The molecule has 1 atom stereocenters. The van der Waals surface area contributed by atoms with Crippen molar-refractivity contribution in [2.45, 2.75) is 25.8 Å². The van der Waals surface area contributed by atoms with Crippen molar-refractivity contribution >= 4 is 23.2 Å². The smallest absolute Gasteiger partial charge is 0.253 e. The molecular weight excluding hydrogens is 268 g/mol. The maximum absolute atomic E-state index is 12.1. The third-order valence-electron chi connectivity index (χ3n) is 3.61. The Hall–Kier alpha value is -2.24. The van der Waals surface area contributed by atoms with Crippen LogP contribution >= 0.6 is 0 Å². The van der Waals surface area contributed by atoms with Crippen molar-refractivity contribution in [1.82, 2.24) is 10.2 Å². The van der Waals surface area contributed by atoms with Gasteiger partial charge in [-0.15, -0.1) is 0 Å². The molecule has 1 saturated heterocycles. The normalized spacial score (nSPS) is 18.5. The third-order valence-corrected chi connectivity index (χ3v) is 3.61. The van der Waals surface area contributed by atoms with Crippen molar-refractivity contribution < 1.29 is 9.59 Å². The van der Waals surface area contributed by atoms with Gasteiger partial charge in [0.1, 0.15) is 0 Å². The van der Waals surface area contributed by atoms with Gasteiger partial charge in [-0.05, 0) is 31.5 Å². The molecule has 0 saturated carbocycles. The number of likely N-dealkylation sites (N-methyl/N-ethyl adjacent to an activating group) is 1. The molecule has 0 aromatic heterocycles. The Morgan fingerprint density at radius 2 is 2.24 bits per heavy atom. The van der Waals surface area contributed by atoms with E-state index in [1.54, 1.807) is 30.1 Å². The summed E-state index contributed by atoms with van der Waals surface area (Å²) >= 11 is 0. The molecule has 114 valence electrons. The van der Waals surface area contributed by atoms with Gasteiger partial charge in [0.05, 0.1) is 5.56 Å². The highest BCUT2D eigenvalue weighted by molar-refractivity contribution is 6.00. The van der Waals surface area contributed by atoms with E-state index < -0.39 is 0 Å². The Kier molecular flexibility index (Phi) is 4.67. The molecule has 1 fully saturated rings. The lowest BCUT2D eigenvalue weighted by Crippen LogP contribution is -2.43. The van der Waals surface area contributed by atoms with Crippen molar-refractivity contribution in [3.8, 4) is 0 Å². The van der Waals surface area contributed by atoms with Crippen molar-refractivity contribution in [2.24, 2.45) is 0 Å². The molecule has 0 spiro atoms. The number of carbonyl (C=O) groups excluding carboxylic acids is 2. The monoisotopic (exact) mass is 290 g/mol. The van der Waals surface area contributed by atoms with E-state index in [1.165, 1.54) is 0 Å². The Balaban J connectivity index is 2.16. The van der Waals surface area contributed by atoms with Crippen LogP contribution in [0.1, 0.15) is 30.1 Å². The minimum Gasteiger partial charge on any atom is -0.399 e. The number of benzene rings is 1. The minimum absolute atomic E-state index is 0.125. The minimum atomic E-state index is -0.125. The van der Waals surface area contributed by atoms with E-state index >= 15 is 0 Å². The average Bonchev–Trinajstić information content (AvgIpc) is 2.43. The van der Waals surface area contributed by atoms with Crippen LogP contribution in [-0.4, -0.2) is 42.9 Å². The molecular formula is C15H22N4O2. The van der Waals surface area contributed by atoms with Crippen molar-refractivity contribution in [3.05, 3.63) is 23.8 Å². The summed E-state index contributed by atoms with van der Waals surface area (Å²) in [7, 11) is 1.79. The quantitative estimate of drug-likeness (QED) is 0.723. The lowest BCUT2D eigenvalue weighted by molar-refractivity contribution is -0.132. The molecule has 1 heterocycles. The van der Waals surface area contributed by atoms with Gasteiger partial charge in [0, 0.05) is 44.0 Å². The zero-order valence-corrected chi connectivity index (χ0v) is 12.5. The van der Waals surface area contributed by atoms with Crippen LogP contribution in [0.15, 0.2) is 18.2 Å². The van der Waals surface area contributed by atoms with Gasteiger partial charge in [0.15, 0.2) is 0 Å². The maximum Gasteiger partial charge on any atom is 0.253 e. The van der Waals surface area contributed by atoms with E-state index in [9.17, 15) is 9.59 Å². The standard InChI is InChI=1S/C15H22N4O2/c1-3-17-15(21)12-6-4-10(16)8-13(12)18-11-5-7-14(20)19(2)9-11/h4,6,8,11,18H,3,5,7,9,16H2,1-2H3,(H,17,21). The van der Waals surface area contributed by atoms with Gasteiger partial charge in [-0.3, -0.25) is 9.59 Å². The maximum atomic E-state index is 12.1. The SMILES string of the molecule is CCNC(=O)c1ccc(N)cc1NC1CCC(=O)N(C)C1. The van der Waals surface area contributed by atoms with Crippen LogP contribution in [0.25, 0.3) is 0 Å². The Morgan fingerprint density at radius 3 is 2.90 bits per heavy atom. The first-order chi connectivity index (χ1) is 10.0. The molecule has 6 nitrogen and oxygen atoms in total. The largest absolute Gasteiger partial charge is 0.399 e. The van der Waals surface area contributed by atoms with Crippen molar-refractivity contribution in [2.75, 3.05) is 31.2 Å². The molecule has 1 aliphatic rings. The third kappa shape index (κ3) is 3.65. The molecule has 1 unspecified atom stereocenters. The molecule has 0 radical (unpaired) electrons. The van der Waals surface area contributed by atoms with Gasteiger partial charge in [0.2, 0.25) is 5.91 Å². The Morgan fingerprint density at radius 1 is 1.48 bits per heavy atom. The number of likely N-dealkylation sites (tertiary alicyclic amines) is 1. The van der Waals surface area contributed by atoms with Gasteiger partial charge in [0.25, 0.3) is 5.91 Å². The number of rotatable bonds is 4. The van der Waals surface area contributed by atoms with Crippen LogP contribution < -0.4 is 16.4 Å². The average molecular weight is 290 g/mol. The number of amides is 2. The van der Waals surface area contributed by atoms with E-state index in [4.69, 9.17) is 5.73 Å². The summed E-state index contributed by atoms with van der Waals surface area (Å²) in [4.78, 5) is 25.3. The number of nitrogens with zero attached hydrogens (tertiary/aromatic N) is 1. The summed E-state index contributed by atoms with van der Waals surface area (Å²) in [6.07, 6.45) is 1.28. The van der Waals surface area contributed by atoms with E-state index in [1.807, 2.05) is 6.92 Å². The van der Waals surface area contributed by atoms with Crippen molar-refractivity contribution in [3.63, 3.8) is 0 Å². The van der Waals surface area contributed by atoms with E-state index in [0.717, 1.165) is 6.42 Å². The number of nitrogens with one attached hydrogen (secondary N) is 2. The second-order valence-corrected chi connectivity index (χ2v) is 5.32. The zero-order chi connectivity index (χ0) is 15.4. The molecule has 1 aromatic carbocycles. The summed E-state index contributed by atoms with van der Waals surface area (Å²) < 4.78 is 0. The van der Waals surface area contributed by atoms with E-state index in [2.05, 4.69) is 10.6 Å². The predicted octanol–water partition coefficient (Wildman–Crippen LogP) is 1.05. The summed E-state index contributed by atoms with van der Waals surface area (Å²) in [6, 6.07) is 5.33. The van der Waals surface area contributed by atoms with Crippen molar-refractivity contribution in [1.29, 1.82) is 0 Å². The van der Waals surface area contributed by atoms with Gasteiger partial charge in [-0.1, -0.05) is 0 Å². The highest BCUT2D eigenvalue weighted by Gasteiger charge is 2.24. The first-order valence-corrected chi connectivity index (χ1v) is 7.19. The van der Waals surface area contributed by atoms with Crippen LogP contribution in [0.2, 0.25) is 0 Å². The molecule has 2 rings (SSSR count). The highest BCUT2D eigenvalue weighted by atomic mass is 16.2. The fourth-order valence-electron chi connectivity index (χ4n) is 2.49. The highest BCUT2D eigenvalue weighted by Crippen LogP contribution is 2.22. The zero-order valence-electron chi connectivity index (χ0n) is 12.5. The first-order valence-electron chi connectivity index (χ1n) is 7.19. The summed E-state index contributed by atoms with van der Waals surface area (Å²) in [5, 5.41) is 6.14. The molecule has 4 N–H and O–H groups in total. The van der Waals surface area contributed by atoms with Crippen LogP contribution in [-0.2, 0) is 4.79 Å². The number of anilines is 2. The van der Waals surface area contributed by atoms with Crippen LogP contribution in [0, 0.1) is 0 Å². The lowest BCUT2D eigenvalue weighted by Gasteiger charge is -2.31. The summed E-state index contributed by atoms with van der Waals surface area (Å²) in [5.74, 6) is 0.0322. The van der Waals surface area contributed by atoms with Crippen LogP contribution in [0.4, 0.5) is 11.4 Å². The van der Waals surface area contributed by atoms with Gasteiger partial charge < -0.3 is 21.3 Å². The molecule has 0 aliphatic carbocycles. The molecule has 2 amide bonds. The number of hydrogen-bond acceptors (Lipinski definition) is 4. The predicted molar refractivity (Wildman–Crippen MR) is 83.1 cm³/mol. The second kappa shape index (κ2) is 6.47. The van der Waals surface area contributed by atoms with Gasteiger partial charge in [-0.25, -0.2) is 0 Å². The number of carbonyl (C=O) groups is 2. The fraction of sp³-hybridized carbons (Fsp3) is 0.467.